The summed E-state index contributed by atoms with van der Waals surface area (Å²) in [6.07, 6.45) is 0.318. The van der Waals surface area contributed by atoms with Crippen LogP contribution < -0.4 is 16.6 Å². The number of aromatic nitrogens is 3. The van der Waals surface area contributed by atoms with Gasteiger partial charge in [-0.25, -0.2) is 4.79 Å². The molecule has 2 saturated heterocycles. The van der Waals surface area contributed by atoms with Gasteiger partial charge in [-0.2, -0.15) is 0 Å². The summed E-state index contributed by atoms with van der Waals surface area (Å²) in [6.45, 7) is 9.69. The highest BCUT2D eigenvalue weighted by Gasteiger charge is 2.52. The number of hydrogen-bond donors (Lipinski definition) is 3. The number of amides is 1. The van der Waals surface area contributed by atoms with Crippen LogP contribution in [0.15, 0.2) is 34.0 Å². The van der Waals surface area contributed by atoms with Crippen molar-refractivity contribution >= 4 is 16.8 Å². The highest BCUT2D eigenvalue weighted by molar-refractivity contribution is 5.91. The van der Waals surface area contributed by atoms with Gasteiger partial charge < -0.3 is 24.5 Å². The molecular formula is C26H32N4O6. The number of ether oxygens (including phenoxy) is 3. The van der Waals surface area contributed by atoms with E-state index in [1.807, 2.05) is 32.0 Å². The van der Waals surface area contributed by atoms with Crippen LogP contribution in [0.3, 0.4) is 0 Å². The van der Waals surface area contributed by atoms with E-state index in [4.69, 9.17) is 14.2 Å². The van der Waals surface area contributed by atoms with Crippen molar-refractivity contribution in [3.8, 4) is 0 Å². The molecule has 36 heavy (non-hydrogen) atoms. The van der Waals surface area contributed by atoms with Crippen molar-refractivity contribution in [1.29, 1.82) is 0 Å². The van der Waals surface area contributed by atoms with Gasteiger partial charge >= 0.3 is 5.69 Å². The number of benzene rings is 1. The number of aromatic amines is 2. The molecule has 10 nitrogen and oxygen atoms in total. The summed E-state index contributed by atoms with van der Waals surface area (Å²) < 4.78 is 19.9. The minimum absolute atomic E-state index is 0.117. The summed E-state index contributed by atoms with van der Waals surface area (Å²) in [7, 11) is 0. The second-order valence-electron chi connectivity index (χ2n) is 10.2. The van der Waals surface area contributed by atoms with Crippen LogP contribution in [0.2, 0.25) is 0 Å². The maximum atomic E-state index is 12.9. The Kier molecular flexibility index (Phi) is 6.14. The average Bonchev–Trinajstić information content (AvgIpc) is 3.31. The third kappa shape index (κ3) is 4.40. The maximum absolute atomic E-state index is 12.9. The average molecular weight is 497 g/mol. The van der Waals surface area contributed by atoms with Gasteiger partial charge in [-0.3, -0.25) is 19.1 Å². The zero-order valence-electron chi connectivity index (χ0n) is 21.1. The topological polar surface area (TPSA) is 127 Å². The number of carbonyl (C=O) groups excluding carboxylic acids is 1. The lowest BCUT2D eigenvalue weighted by Gasteiger charge is -2.37. The smallest absolute Gasteiger partial charge is 0.328 e. The molecular weight excluding hydrogens is 464 g/mol. The number of nitrogens with zero attached hydrogens (tertiary/aromatic N) is 1. The molecule has 192 valence electrons. The molecule has 2 fully saturated rings. The summed E-state index contributed by atoms with van der Waals surface area (Å²) in [4.78, 5) is 43.0. The molecule has 5 rings (SSSR count). The Morgan fingerprint density at radius 2 is 1.86 bits per heavy atom. The summed E-state index contributed by atoms with van der Waals surface area (Å²) in [5, 5.41) is 4.04. The van der Waals surface area contributed by atoms with Crippen LogP contribution in [0.25, 0.3) is 10.9 Å². The number of para-hydroxylation sites is 1. The van der Waals surface area contributed by atoms with Crippen LogP contribution in [0.5, 0.6) is 0 Å². The fraction of sp³-hybridized carbons (Fsp3) is 0.500. The second-order valence-corrected chi connectivity index (χ2v) is 10.2. The van der Waals surface area contributed by atoms with Gasteiger partial charge in [0, 0.05) is 34.9 Å². The monoisotopic (exact) mass is 496 g/mol. The van der Waals surface area contributed by atoms with E-state index >= 15 is 0 Å². The molecule has 1 unspecified atom stereocenters. The van der Waals surface area contributed by atoms with E-state index in [0.29, 0.717) is 5.56 Å². The van der Waals surface area contributed by atoms with Crippen molar-refractivity contribution in [2.45, 2.75) is 71.2 Å². The molecule has 10 heteroatoms. The quantitative estimate of drug-likeness (QED) is 0.494. The molecule has 2 aliphatic heterocycles. The van der Waals surface area contributed by atoms with Gasteiger partial charge in [0.15, 0.2) is 5.79 Å². The fourth-order valence-corrected chi connectivity index (χ4v) is 5.28. The molecule has 0 bridgehead atoms. The molecule has 1 amide bonds. The summed E-state index contributed by atoms with van der Waals surface area (Å²) in [5.41, 5.74) is 3.61. The van der Waals surface area contributed by atoms with Crippen LogP contribution >= 0.6 is 0 Å². The number of fused-ring (bicyclic) bond motifs is 2. The molecule has 3 aromatic rings. The number of H-pyrrole nitrogens is 2. The standard InChI is InChI=1S/C26H32N4O6/c1-13-7-6-8-16-17(15(3)28-21(13)16)9-20(31)27-10-19-23-22(35-26(4,5)36-23)18(12-34-19)30-11-14(2)24(32)29-25(30)33/h6-8,11,18-19,22-23,28H,9-10,12H2,1-5H3,(H,27,31)(H,29,32,33)/t18-,19-,22?,23-/m1/s1. The third-order valence-electron chi connectivity index (χ3n) is 7.09. The van der Waals surface area contributed by atoms with Crippen LogP contribution in [0.4, 0.5) is 0 Å². The van der Waals surface area contributed by atoms with E-state index in [-0.39, 0.29) is 25.5 Å². The molecule has 3 N–H and O–H groups in total. The predicted octanol–water partition coefficient (Wildman–Crippen LogP) is 1.76. The van der Waals surface area contributed by atoms with Gasteiger partial charge in [0.1, 0.15) is 18.3 Å². The van der Waals surface area contributed by atoms with Crippen molar-refractivity contribution < 1.29 is 19.0 Å². The van der Waals surface area contributed by atoms with Gasteiger partial charge in [0.2, 0.25) is 5.91 Å². The van der Waals surface area contributed by atoms with Crippen molar-refractivity contribution in [2.75, 3.05) is 13.2 Å². The summed E-state index contributed by atoms with van der Waals surface area (Å²) >= 11 is 0. The predicted molar refractivity (Wildman–Crippen MR) is 133 cm³/mol. The lowest BCUT2D eigenvalue weighted by molar-refractivity contribution is -0.153. The van der Waals surface area contributed by atoms with Gasteiger partial charge in [-0.15, -0.1) is 0 Å². The molecule has 2 aliphatic rings. The molecule has 0 spiro atoms. The fourth-order valence-electron chi connectivity index (χ4n) is 5.28. The van der Waals surface area contributed by atoms with Crippen LogP contribution in [-0.4, -0.2) is 57.7 Å². The molecule has 0 radical (unpaired) electrons. The van der Waals surface area contributed by atoms with Gasteiger partial charge in [-0.1, -0.05) is 18.2 Å². The van der Waals surface area contributed by atoms with Crippen molar-refractivity contribution in [3.63, 3.8) is 0 Å². The number of carbonyl (C=O) groups is 1. The van der Waals surface area contributed by atoms with Crippen molar-refractivity contribution in [2.24, 2.45) is 0 Å². The number of rotatable bonds is 5. The Morgan fingerprint density at radius 1 is 1.11 bits per heavy atom. The van der Waals surface area contributed by atoms with E-state index in [1.54, 1.807) is 20.8 Å². The lowest BCUT2D eigenvalue weighted by atomic mass is 9.97. The Balaban J connectivity index is 1.31. The van der Waals surface area contributed by atoms with Gasteiger partial charge in [0.05, 0.1) is 19.1 Å². The number of aryl methyl sites for hydroxylation is 3. The van der Waals surface area contributed by atoms with Gasteiger partial charge in [0.25, 0.3) is 5.56 Å². The zero-order chi connectivity index (χ0) is 25.8. The first-order chi connectivity index (χ1) is 17.0. The second kappa shape index (κ2) is 9.02. The molecule has 4 atom stereocenters. The van der Waals surface area contributed by atoms with E-state index in [9.17, 15) is 14.4 Å². The van der Waals surface area contributed by atoms with Gasteiger partial charge in [-0.05, 0) is 45.7 Å². The van der Waals surface area contributed by atoms with Crippen molar-refractivity contribution in [3.05, 3.63) is 67.6 Å². The highest BCUT2D eigenvalue weighted by Crippen LogP contribution is 2.39. The van der Waals surface area contributed by atoms with E-state index in [2.05, 4.69) is 15.3 Å². The first-order valence-electron chi connectivity index (χ1n) is 12.2. The zero-order valence-corrected chi connectivity index (χ0v) is 21.1. The lowest BCUT2D eigenvalue weighted by Crippen LogP contribution is -2.54. The molecule has 1 aromatic carbocycles. The molecule has 4 heterocycles. The Labute approximate surface area is 208 Å². The summed E-state index contributed by atoms with van der Waals surface area (Å²) in [6, 6.07) is 5.58. The molecule has 0 aliphatic carbocycles. The largest absolute Gasteiger partial charge is 0.371 e. The highest BCUT2D eigenvalue weighted by atomic mass is 16.8. The van der Waals surface area contributed by atoms with Crippen LogP contribution in [0, 0.1) is 20.8 Å². The van der Waals surface area contributed by atoms with Crippen LogP contribution in [0.1, 0.15) is 42.3 Å². The summed E-state index contributed by atoms with van der Waals surface area (Å²) in [5.74, 6) is -1.00. The normalized spacial score (nSPS) is 25.1. The minimum atomic E-state index is -0.886. The third-order valence-corrected chi connectivity index (χ3v) is 7.09. The SMILES string of the molecule is Cc1[nH]c2c(C)cccc2c1CC(=O)NC[C@H]1OC[C@@H](n2cc(C)c(=O)[nH]c2=O)C2OC(C)(C)O[C@@H]21. The molecule has 2 aromatic heterocycles. The Bertz CT molecular complexity index is 1430. The van der Waals surface area contributed by atoms with Crippen molar-refractivity contribution in [1.82, 2.24) is 19.9 Å². The van der Waals surface area contributed by atoms with E-state index < -0.39 is 41.4 Å². The van der Waals surface area contributed by atoms with E-state index in [0.717, 1.165) is 27.7 Å². The van der Waals surface area contributed by atoms with E-state index in [1.165, 1.54) is 10.8 Å². The van der Waals surface area contributed by atoms with Crippen LogP contribution in [-0.2, 0) is 25.4 Å². The number of nitrogens with one attached hydrogen (secondary N) is 3. The Hall–Kier alpha value is -3.21. The first-order valence-corrected chi connectivity index (χ1v) is 12.2. The Morgan fingerprint density at radius 3 is 2.64 bits per heavy atom. The first kappa shape index (κ1) is 24.5. The minimum Gasteiger partial charge on any atom is -0.371 e. The molecule has 0 saturated carbocycles. The maximum Gasteiger partial charge on any atom is 0.328 e. The number of hydrogen-bond acceptors (Lipinski definition) is 6.